The van der Waals surface area contributed by atoms with Crippen LogP contribution in [0.5, 0.6) is 0 Å². The molecule has 0 aliphatic rings. The van der Waals surface area contributed by atoms with E-state index in [0.717, 1.165) is 0 Å². The van der Waals surface area contributed by atoms with Gasteiger partial charge < -0.3 is 22.3 Å². The Labute approximate surface area is 58.4 Å². The smallest absolute Gasteiger partial charge is 0.358 e. The Kier molecular flexibility index (Phi) is 1790. The van der Waals surface area contributed by atoms with Crippen molar-refractivity contribution in [3.05, 3.63) is 22.3 Å². The molecule has 0 nitrogen and oxygen atoms in total. The quantitative estimate of drug-likeness (QED) is 0.320. The Morgan fingerprint density at radius 1 is 0.600 bits per heavy atom. The van der Waals surface area contributed by atoms with Crippen LogP contribution < -0.4 is 0 Å². The summed E-state index contributed by atoms with van der Waals surface area (Å²) in [7, 11) is 0. The third kappa shape index (κ3) is 39.9. The van der Waals surface area contributed by atoms with E-state index >= 15 is 0 Å². The summed E-state index contributed by atoms with van der Waals surface area (Å²) in [5.74, 6) is 0. The Morgan fingerprint density at radius 3 is 0.600 bits per heavy atom. The third-order valence-electron chi connectivity index (χ3n) is 0. The maximum absolute atomic E-state index is 0. The van der Waals surface area contributed by atoms with Crippen molar-refractivity contribution in [3.63, 3.8) is 0 Å². The zero-order valence-electron chi connectivity index (χ0n) is 4.35. The fourth-order valence-electron chi connectivity index (χ4n) is 0. The molecule has 0 heterocycles. The monoisotopic (exact) mass is 108 g/mol. The summed E-state index contributed by atoms with van der Waals surface area (Å²) in [5.41, 5.74) is 0. The van der Waals surface area contributed by atoms with Crippen LogP contribution in [0.4, 0.5) is 0 Å². The maximum Gasteiger partial charge on any atom is 3.00 e. The molecule has 0 atom stereocenters. The van der Waals surface area contributed by atoms with Crippen molar-refractivity contribution in [2.45, 2.75) is 0 Å². The minimum Gasteiger partial charge on any atom is -0.358 e. The summed E-state index contributed by atoms with van der Waals surface area (Å²) in [6, 6.07) is 0. The zero-order valence-corrected chi connectivity index (χ0v) is 5.46. The first-order valence-corrected chi connectivity index (χ1v) is 0. The molecular formula is C3H9FeLi. The Hall–Kier alpha value is 1.12. The van der Waals surface area contributed by atoms with Crippen LogP contribution in [0.25, 0.3) is 0 Å². The second-order valence-corrected chi connectivity index (χ2v) is 0. The van der Waals surface area contributed by atoms with E-state index in [4.69, 9.17) is 0 Å². The maximum atomic E-state index is 0. The first kappa shape index (κ1) is 128. The van der Waals surface area contributed by atoms with Crippen molar-refractivity contribution in [3.8, 4) is 0 Å². The molecule has 0 saturated heterocycles. The molecule has 0 aliphatic carbocycles. The molecule has 30 valence electrons. The van der Waals surface area contributed by atoms with Gasteiger partial charge in [0.05, 0.1) is 0 Å². The van der Waals surface area contributed by atoms with Crippen LogP contribution in [0, 0.1) is 22.3 Å². The fourth-order valence-corrected chi connectivity index (χ4v) is 0. The van der Waals surface area contributed by atoms with Crippen LogP contribution in [0.3, 0.4) is 0 Å². The molecule has 0 rings (SSSR count). The predicted octanol–water partition coefficient (Wildman–Crippen LogP) is 0.968. The molecule has 0 spiro atoms. The van der Waals surface area contributed by atoms with Crippen LogP contribution in [0.2, 0.25) is 0 Å². The molecule has 0 unspecified atom stereocenters. The van der Waals surface area contributed by atoms with Gasteiger partial charge in [-0.05, 0) is 0 Å². The van der Waals surface area contributed by atoms with Crippen LogP contribution in [-0.4, -0.2) is 18.9 Å². The zero-order chi connectivity index (χ0) is 0. The van der Waals surface area contributed by atoms with E-state index in [0.29, 0.717) is 0 Å². The minimum absolute atomic E-state index is 0. The van der Waals surface area contributed by atoms with Gasteiger partial charge in [-0.25, -0.2) is 0 Å². The minimum atomic E-state index is 0. The second-order valence-electron chi connectivity index (χ2n) is 0. The number of hydrogen-bond acceptors (Lipinski definition) is 0. The SMILES string of the molecule is [CH3-].[CH3-].[CH3-].[Fe+3].[Li]. The first-order chi connectivity index (χ1) is 0. The molecular weight excluding hydrogens is 98.8 g/mol. The van der Waals surface area contributed by atoms with Gasteiger partial charge in [0.1, 0.15) is 0 Å². The van der Waals surface area contributed by atoms with Crippen LogP contribution in [0.1, 0.15) is 0 Å². The van der Waals surface area contributed by atoms with Crippen molar-refractivity contribution in [2.75, 3.05) is 0 Å². The Balaban J connectivity index is 0. The summed E-state index contributed by atoms with van der Waals surface area (Å²) in [4.78, 5) is 0. The second kappa shape index (κ2) is 69.5. The molecule has 0 amide bonds. The van der Waals surface area contributed by atoms with Crippen molar-refractivity contribution in [2.24, 2.45) is 0 Å². The van der Waals surface area contributed by atoms with Gasteiger partial charge in [-0.3, -0.25) is 0 Å². The molecule has 0 saturated carbocycles. The van der Waals surface area contributed by atoms with Crippen LogP contribution in [-0.2, 0) is 17.1 Å². The standard InChI is InChI=1S/3CH3.Fe.Li/h3*1H3;;/q3*-1;+3;. The molecule has 0 aliphatic heterocycles. The summed E-state index contributed by atoms with van der Waals surface area (Å²) >= 11 is 0. The van der Waals surface area contributed by atoms with Crippen molar-refractivity contribution in [1.29, 1.82) is 0 Å². The molecule has 2 radical (unpaired) electrons. The molecule has 5 heavy (non-hydrogen) atoms. The van der Waals surface area contributed by atoms with Gasteiger partial charge in [0.2, 0.25) is 0 Å². The van der Waals surface area contributed by atoms with Crippen molar-refractivity contribution in [1.82, 2.24) is 0 Å². The largest absolute Gasteiger partial charge is 3.00 e. The molecule has 0 N–H and O–H groups in total. The molecule has 0 aromatic carbocycles. The summed E-state index contributed by atoms with van der Waals surface area (Å²) < 4.78 is 0. The Morgan fingerprint density at radius 2 is 0.600 bits per heavy atom. The molecule has 0 aromatic rings. The number of hydrogen-bond donors (Lipinski definition) is 0. The first-order valence-electron chi connectivity index (χ1n) is 0. The summed E-state index contributed by atoms with van der Waals surface area (Å²) in [5, 5.41) is 0. The average Bonchev–Trinajstić information content (AvgIpc) is 0. The van der Waals surface area contributed by atoms with Gasteiger partial charge in [0, 0.05) is 18.9 Å². The van der Waals surface area contributed by atoms with Gasteiger partial charge in [0.25, 0.3) is 0 Å². The number of rotatable bonds is 0. The fraction of sp³-hybridized carbons (Fsp3) is 0. The third-order valence-corrected chi connectivity index (χ3v) is 0. The van der Waals surface area contributed by atoms with Crippen LogP contribution >= 0.6 is 0 Å². The molecule has 0 bridgehead atoms. The van der Waals surface area contributed by atoms with Gasteiger partial charge in [-0.2, -0.15) is 0 Å². The topological polar surface area (TPSA) is 0 Å². The van der Waals surface area contributed by atoms with Gasteiger partial charge in [-0.15, -0.1) is 0 Å². The van der Waals surface area contributed by atoms with E-state index in [9.17, 15) is 0 Å². The van der Waals surface area contributed by atoms with E-state index in [1.807, 2.05) is 0 Å². The predicted molar refractivity (Wildman–Crippen MR) is 25.0 cm³/mol. The Bertz CT molecular complexity index is 6.85. The average molecular weight is 108 g/mol. The summed E-state index contributed by atoms with van der Waals surface area (Å²) in [6.45, 7) is 0. The van der Waals surface area contributed by atoms with Gasteiger partial charge >= 0.3 is 17.1 Å². The van der Waals surface area contributed by atoms with Gasteiger partial charge in [0.15, 0.2) is 0 Å². The van der Waals surface area contributed by atoms with E-state index in [1.54, 1.807) is 0 Å². The molecule has 0 aromatic heterocycles. The van der Waals surface area contributed by atoms with Crippen LogP contribution in [0.15, 0.2) is 0 Å². The van der Waals surface area contributed by atoms with Gasteiger partial charge in [-0.1, -0.05) is 0 Å². The van der Waals surface area contributed by atoms with Crippen molar-refractivity contribution < 1.29 is 17.1 Å². The molecule has 2 heteroatoms. The molecule has 0 fully saturated rings. The summed E-state index contributed by atoms with van der Waals surface area (Å²) in [6.07, 6.45) is 0. The van der Waals surface area contributed by atoms with E-state index < -0.39 is 0 Å². The normalized spacial score (nSPS) is 0. The van der Waals surface area contributed by atoms with E-state index in [2.05, 4.69) is 0 Å². The van der Waals surface area contributed by atoms with E-state index in [-0.39, 0.29) is 58.2 Å². The van der Waals surface area contributed by atoms with E-state index in [1.165, 1.54) is 0 Å². The van der Waals surface area contributed by atoms with Crippen molar-refractivity contribution >= 4 is 18.9 Å².